The van der Waals surface area contributed by atoms with Crippen LogP contribution in [0.1, 0.15) is 40.3 Å². The average Bonchev–Trinajstić information content (AvgIpc) is 3.19. The molecule has 3 nitrogen and oxygen atoms in total. The lowest BCUT2D eigenvalue weighted by Crippen LogP contribution is -2.32. The van der Waals surface area contributed by atoms with Crippen molar-refractivity contribution in [2.75, 3.05) is 4.90 Å². The molecule has 0 radical (unpaired) electrons. The van der Waals surface area contributed by atoms with Crippen molar-refractivity contribution in [1.29, 1.82) is 0 Å². The molecule has 0 spiro atoms. The first kappa shape index (κ1) is 21.3. The van der Waals surface area contributed by atoms with Crippen molar-refractivity contribution < 1.29 is 4.79 Å². The Hall–Kier alpha value is -2.98. The summed E-state index contributed by atoms with van der Waals surface area (Å²) < 4.78 is 1.13. The van der Waals surface area contributed by atoms with Gasteiger partial charge >= 0.3 is 0 Å². The van der Waals surface area contributed by atoms with Crippen LogP contribution in [0.15, 0.2) is 60.7 Å². The predicted molar refractivity (Wildman–Crippen MR) is 131 cm³/mol. The van der Waals surface area contributed by atoms with E-state index < -0.39 is 0 Å². The summed E-state index contributed by atoms with van der Waals surface area (Å²) in [5, 5.41) is 0.771. The molecule has 1 amide bonds. The fourth-order valence-corrected chi connectivity index (χ4v) is 5.19. The van der Waals surface area contributed by atoms with E-state index in [0.717, 1.165) is 32.9 Å². The lowest BCUT2D eigenvalue weighted by molar-refractivity contribution is -0.118. The second-order valence-corrected chi connectivity index (χ2v) is 9.14. The first-order valence-electron chi connectivity index (χ1n) is 10.8. The Kier molecular flexibility index (Phi) is 6.19. The zero-order chi connectivity index (χ0) is 22.0. The molecule has 4 aromatic rings. The molecule has 1 aromatic heterocycles. The van der Waals surface area contributed by atoms with Gasteiger partial charge in [-0.3, -0.25) is 9.69 Å². The van der Waals surface area contributed by atoms with Gasteiger partial charge in [0.25, 0.3) is 0 Å². The third-order valence-electron chi connectivity index (χ3n) is 5.76. The number of amides is 1. The Morgan fingerprint density at radius 3 is 2.35 bits per heavy atom. The van der Waals surface area contributed by atoms with Crippen molar-refractivity contribution in [1.82, 2.24) is 4.98 Å². The van der Waals surface area contributed by atoms with Crippen LogP contribution in [0, 0.1) is 20.8 Å². The number of aromatic nitrogens is 1. The number of carbonyl (C=O) groups excluding carboxylic acids is 1. The van der Waals surface area contributed by atoms with Crippen molar-refractivity contribution in [3.63, 3.8) is 0 Å². The molecular formula is C27H28N2OS. The number of fused-ring (bicyclic) bond motifs is 1. The Balaban J connectivity index is 1.74. The van der Waals surface area contributed by atoms with Crippen LogP contribution in [0.25, 0.3) is 10.2 Å². The van der Waals surface area contributed by atoms with Gasteiger partial charge in [-0.1, -0.05) is 78.4 Å². The van der Waals surface area contributed by atoms with Crippen LogP contribution in [0.4, 0.5) is 5.13 Å². The highest BCUT2D eigenvalue weighted by molar-refractivity contribution is 7.22. The minimum atomic E-state index is 0.0796. The van der Waals surface area contributed by atoms with E-state index in [1.165, 1.54) is 22.3 Å². The molecule has 0 aliphatic carbocycles. The fourth-order valence-electron chi connectivity index (χ4n) is 4.16. The number of benzene rings is 3. The molecule has 3 aromatic carbocycles. The molecule has 0 bridgehead atoms. The molecule has 1 heterocycles. The Morgan fingerprint density at radius 2 is 1.68 bits per heavy atom. The minimum Gasteiger partial charge on any atom is -0.283 e. The number of para-hydroxylation sites is 1. The van der Waals surface area contributed by atoms with E-state index in [0.29, 0.717) is 13.0 Å². The number of rotatable bonds is 6. The minimum absolute atomic E-state index is 0.0796. The summed E-state index contributed by atoms with van der Waals surface area (Å²) in [5.41, 5.74) is 8.01. The molecule has 0 aliphatic rings. The van der Waals surface area contributed by atoms with E-state index in [1.54, 1.807) is 11.3 Å². The molecule has 0 unspecified atom stereocenters. The number of carbonyl (C=O) groups is 1. The molecule has 0 saturated carbocycles. The molecule has 0 aliphatic heterocycles. The molecule has 0 atom stereocenters. The van der Waals surface area contributed by atoms with E-state index in [4.69, 9.17) is 4.98 Å². The third-order valence-corrected chi connectivity index (χ3v) is 6.80. The maximum absolute atomic E-state index is 13.6. The Labute approximate surface area is 188 Å². The highest BCUT2D eigenvalue weighted by Crippen LogP contribution is 2.32. The lowest BCUT2D eigenvalue weighted by atomic mass is 9.97. The molecule has 31 heavy (non-hydrogen) atoms. The Morgan fingerprint density at radius 1 is 0.968 bits per heavy atom. The van der Waals surface area contributed by atoms with E-state index in [1.807, 2.05) is 23.1 Å². The summed E-state index contributed by atoms with van der Waals surface area (Å²) in [6.07, 6.45) is 1.30. The standard InChI is InChI=1S/C27H28N2OS/c1-5-22-12-9-13-24-26(22)28-27(31-24)29(17-21-10-7-6-8-11-21)25(30)16-23-19(3)14-18(2)15-20(23)4/h6-15H,5,16-17H2,1-4H3. The van der Waals surface area contributed by atoms with Gasteiger partial charge in [0.05, 0.1) is 23.2 Å². The quantitative estimate of drug-likeness (QED) is 0.348. The van der Waals surface area contributed by atoms with Crippen molar-refractivity contribution in [2.24, 2.45) is 0 Å². The number of hydrogen-bond donors (Lipinski definition) is 0. The lowest BCUT2D eigenvalue weighted by Gasteiger charge is -2.21. The summed E-state index contributed by atoms with van der Waals surface area (Å²) in [5.74, 6) is 0.0796. The molecule has 4 rings (SSSR count). The van der Waals surface area contributed by atoms with Gasteiger partial charge in [0.15, 0.2) is 5.13 Å². The second kappa shape index (κ2) is 9.03. The van der Waals surface area contributed by atoms with Crippen LogP contribution in [-0.4, -0.2) is 10.9 Å². The molecule has 0 saturated heterocycles. The van der Waals surface area contributed by atoms with Gasteiger partial charge in [0, 0.05) is 0 Å². The largest absolute Gasteiger partial charge is 0.283 e. The van der Waals surface area contributed by atoms with Crippen molar-refractivity contribution in [2.45, 2.75) is 47.1 Å². The summed E-state index contributed by atoms with van der Waals surface area (Å²) >= 11 is 1.60. The van der Waals surface area contributed by atoms with E-state index in [-0.39, 0.29) is 5.91 Å². The first-order chi connectivity index (χ1) is 15.0. The predicted octanol–water partition coefficient (Wildman–Crippen LogP) is 6.56. The van der Waals surface area contributed by atoms with Crippen LogP contribution in [-0.2, 0) is 24.2 Å². The second-order valence-electron chi connectivity index (χ2n) is 8.13. The van der Waals surface area contributed by atoms with Gasteiger partial charge in [-0.25, -0.2) is 4.98 Å². The van der Waals surface area contributed by atoms with Gasteiger partial charge in [0.1, 0.15) is 0 Å². The maximum Gasteiger partial charge on any atom is 0.233 e. The summed E-state index contributed by atoms with van der Waals surface area (Å²) in [7, 11) is 0. The van der Waals surface area contributed by atoms with Crippen molar-refractivity contribution in [3.05, 3.63) is 94.0 Å². The highest BCUT2D eigenvalue weighted by Gasteiger charge is 2.22. The zero-order valence-electron chi connectivity index (χ0n) is 18.6. The van der Waals surface area contributed by atoms with E-state index in [9.17, 15) is 4.79 Å². The number of nitrogens with zero attached hydrogens (tertiary/aromatic N) is 2. The monoisotopic (exact) mass is 428 g/mol. The van der Waals surface area contributed by atoms with Gasteiger partial charge in [-0.05, 0) is 61.1 Å². The van der Waals surface area contributed by atoms with Crippen LogP contribution in [0.2, 0.25) is 0 Å². The number of hydrogen-bond acceptors (Lipinski definition) is 3. The summed E-state index contributed by atoms with van der Waals surface area (Å²) in [4.78, 5) is 20.4. The molecule has 0 fully saturated rings. The van der Waals surface area contributed by atoms with Crippen LogP contribution in [0.5, 0.6) is 0 Å². The van der Waals surface area contributed by atoms with Crippen molar-refractivity contribution in [3.8, 4) is 0 Å². The smallest absolute Gasteiger partial charge is 0.233 e. The van der Waals surface area contributed by atoms with Gasteiger partial charge in [-0.2, -0.15) is 0 Å². The number of anilines is 1. The molecule has 0 N–H and O–H groups in total. The maximum atomic E-state index is 13.6. The fraction of sp³-hybridized carbons (Fsp3) is 0.259. The SMILES string of the molecule is CCc1cccc2sc(N(Cc3ccccc3)C(=O)Cc3c(C)cc(C)cc3C)nc12. The number of aryl methyl sites for hydroxylation is 4. The molecule has 158 valence electrons. The summed E-state index contributed by atoms with van der Waals surface area (Å²) in [6, 6.07) is 20.7. The normalized spacial score (nSPS) is 11.1. The topological polar surface area (TPSA) is 33.2 Å². The third kappa shape index (κ3) is 4.54. The molecular weight excluding hydrogens is 400 g/mol. The van der Waals surface area contributed by atoms with Gasteiger partial charge in [-0.15, -0.1) is 0 Å². The van der Waals surface area contributed by atoms with E-state index in [2.05, 4.69) is 70.2 Å². The zero-order valence-corrected chi connectivity index (χ0v) is 19.4. The molecule has 4 heteroatoms. The number of thiazole rings is 1. The van der Waals surface area contributed by atoms with Gasteiger partial charge < -0.3 is 0 Å². The average molecular weight is 429 g/mol. The first-order valence-corrected chi connectivity index (χ1v) is 11.6. The van der Waals surface area contributed by atoms with Gasteiger partial charge in [0.2, 0.25) is 5.91 Å². The van der Waals surface area contributed by atoms with Crippen molar-refractivity contribution >= 4 is 32.6 Å². The van der Waals surface area contributed by atoms with Crippen LogP contribution < -0.4 is 4.90 Å². The Bertz CT molecular complexity index is 1200. The summed E-state index contributed by atoms with van der Waals surface area (Å²) in [6.45, 7) is 8.94. The van der Waals surface area contributed by atoms with Crippen LogP contribution in [0.3, 0.4) is 0 Å². The highest BCUT2D eigenvalue weighted by atomic mass is 32.1. The van der Waals surface area contributed by atoms with E-state index >= 15 is 0 Å². The van der Waals surface area contributed by atoms with Crippen LogP contribution >= 0.6 is 11.3 Å².